The molecule has 0 aliphatic rings. The van der Waals surface area contributed by atoms with Crippen molar-refractivity contribution >= 4 is 17.3 Å². The molecule has 0 aromatic heterocycles. The average Bonchev–Trinajstić information content (AvgIpc) is 2.70. The molecule has 0 spiro atoms. The number of benzene rings is 2. The minimum atomic E-state index is -0.369. The molecule has 0 heterocycles. The minimum absolute atomic E-state index is 0.126. The first kappa shape index (κ1) is 20.5. The van der Waals surface area contributed by atoms with E-state index in [2.05, 4.69) is 27.5 Å². The van der Waals surface area contributed by atoms with Gasteiger partial charge < -0.3 is 20.1 Å². The lowest BCUT2D eigenvalue weighted by Gasteiger charge is -2.09. The van der Waals surface area contributed by atoms with Gasteiger partial charge in [0.2, 0.25) is 0 Å². The van der Waals surface area contributed by atoms with Crippen molar-refractivity contribution < 1.29 is 19.6 Å². The monoisotopic (exact) mass is 379 g/mol. The molecular formula is C21H21N3O4. The van der Waals surface area contributed by atoms with Gasteiger partial charge in [0.25, 0.3) is 5.91 Å². The highest BCUT2D eigenvalue weighted by Crippen LogP contribution is 2.13. The Labute approximate surface area is 163 Å². The van der Waals surface area contributed by atoms with Gasteiger partial charge >= 0.3 is 0 Å². The van der Waals surface area contributed by atoms with E-state index in [-0.39, 0.29) is 24.0 Å². The summed E-state index contributed by atoms with van der Waals surface area (Å²) in [5.74, 6) is 5.53. The quantitative estimate of drug-likeness (QED) is 0.458. The van der Waals surface area contributed by atoms with Gasteiger partial charge in [-0.25, -0.2) is 0 Å². The van der Waals surface area contributed by atoms with E-state index >= 15 is 0 Å². The van der Waals surface area contributed by atoms with Crippen LogP contribution in [-0.4, -0.2) is 36.6 Å². The number of nitrogens with zero attached hydrogens (tertiary/aromatic N) is 2. The summed E-state index contributed by atoms with van der Waals surface area (Å²) >= 11 is 0. The van der Waals surface area contributed by atoms with Crippen LogP contribution in [0.15, 0.2) is 58.8 Å². The zero-order valence-corrected chi connectivity index (χ0v) is 15.9. The summed E-state index contributed by atoms with van der Waals surface area (Å²) in [4.78, 5) is 22.2. The van der Waals surface area contributed by atoms with Crippen LogP contribution in [0.1, 0.15) is 23.6 Å². The highest BCUT2D eigenvalue weighted by Gasteiger charge is 2.17. The van der Waals surface area contributed by atoms with Gasteiger partial charge in [0.05, 0.1) is 0 Å². The second-order valence-electron chi connectivity index (χ2n) is 5.61. The number of phenols is 1. The number of hydrogen-bond donors (Lipinski definition) is 2. The number of carbonyl (C=O) groups is 1. The number of rotatable bonds is 6. The number of likely N-dealkylation sites (N-methyl/N-ethyl adjacent to an activating group) is 1. The summed E-state index contributed by atoms with van der Waals surface area (Å²) in [5.41, 5.74) is 2.60. The Kier molecular flexibility index (Phi) is 7.61. The standard InChI is InChI=1S/C21H21N3O4/c1-15(11-12-16-7-6-9-18(25)13-16)23-28-14-17-8-4-5-10-19(17)20(24-27-3)21(26)22-2/h4-10,13,25H,14H2,1-3H3,(H,22,26)/b23-15+,24-20+. The van der Waals surface area contributed by atoms with E-state index in [0.717, 1.165) is 5.56 Å². The molecule has 7 nitrogen and oxygen atoms in total. The molecule has 0 aliphatic heterocycles. The van der Waals surface area contributed by atoms with Gasteiger partial charge in [-0.3, -0.25) is 4.79 Å². The molecule has 0 bridgehead atoms. The number of nitrogens with one attached hydrogen (secondary N) is 1. The molecule has 0 saturated heterocycles. The van der Waals surface area contributed by atoms with Gasteiger partial charge in [0.15, 0.2) is 5.71 Å². The maximum Gasteiger partial charge on any atom is 0.273 e. The molecule has 0 fully saturated rings. The summed E-state index contributed by atoms with van der Waals surface area (Å²) in [6.07, 6.45) is 0. The van der Waals surface area contributed by atoms with Crippen LogP contribution in [0.5, 0.6) is 5.75 Å². The molecule has 2 aromatic rings. The summed E-state index contributed by atoms with van der Waals surface area (Å²) in [7, 11) is 2.90. The van der Waals surface area contributed by atoms with Crippen LogP contribution >= 0.6 is 0 Å². The minimum Gasteiger partial charge on any atom is -0.508 e. The zero-order valence-electron chi connectivity index (χ0n) is 15.9. The highest BCUT2D eigenvalue weighted by atomic mass is 16.6. The van der Waals surface area contributed by atoms with Gasteiger partial charge in [-0.1, -0.05) is 46.6 Å². The topological polar surface area (TPSA) is 92.5 Å². The second-order valence-corrected chi connectivity index (χ2v) is 5.61. The fourth-order valence-corrected chi connectivity index (χ4v) is 2.27. The third-order valence-corrected chi connectivity index (χ3v) is 3.55. The highest BCUT2D eigenvalue weighted by molar-refractivity contribution is 6.45. The Morgan fingerprint density at radius 1 is 1.18 bits per heavy atom. The first-order chi connectivity index (χ1) is 13.5. The molecule has 0 saturated carbocycles. The molecule has 28 heavy (non-hydrogen) atoms. The Hall–Kier alpha value is -3.79. The van der Waals surface area contributed by atoms with Crippen molar-refractivity contribution in [3.63, 3.8) is 0 Å². The van der Waals surface area contributed by atoms with Crippen molar-refractivity contribution in [3.8, 4) is 17.6 Å². The second kappa shape index (κ2) is 10.4. The van der Waals surface area contributed by atoms with Crippen molar-refractivity contribution in [2.24, 2.45) is 10.3 Å². The summed E-state index contributed by atoms with van der Waals surface area (Å²) in [6.45, 7) is 1.84. The van der Waals surface area contributed by atoms with Gasteiger partial charge in [-0.15, -0.1) is 0 Å². The lowest BCUT2D eigenvalue weighted by atomic mass is 10.0. The largest absolute Gasteiger partial charge is 0.508 e. The SMILES string of the molecule is CNC(=O)/C(=N/OC)c1ccccc1CO/N=C(\C)C#Cc1cccc(O)c1. The molecule has 2 N–H and O–H groups in total. The van der Waals surface area contributed by atoms with Crippen LogP contribution in [0, 0.1) is 11.8 Å². The van der Waals surface area contributed by atoms with Gasteiger partial charge in [0, 0.05) is 23.7 Å². The molecule has 0 unspecified atom stereocenters. The molecule has 0 aliphatic carbocycles. The predicted octanol–water partition coefficient (Wildman–Crippen LogP) is 2.43. The Bertz CT molecular complexity index is 955. The number of hydrogen-bond acceptors (Lipinski definition) is 6. The van der Waals surface area contributed by atoms with E-state index in [0.29, 0.717) is 16.8 Å². The van der Waals surface area contributed by atoms with Crippen molar-refractivity contribution in [2.45, 2.75) is 13.5 Å². The van der Waals surface area contributed by atoms with Crippen LogP contribution in [0.3, 0.4) is 0 Å². The maximum atomic E-state index is 12.1. The summed E-state index contributed by atoms with van der Waals surface area (Å²) in [5, 5.41) is 19.8. The number of carbonyl (C=O) groups excluding carboxylic acids is 1. The Balaban J connectivity index is 2.12. The molecule has 1 amide bonds. The number of amides is 1. The smallest absolute Gasteiger partial charge is 0.273 e. The van der Waals surface area contributed by atoms with Crippen LogP contribution < -0.4 is 5.32 Å². The Morgan fingerprint density at radius 2 is 1.96 bits per heavy atom. The van der Waals surface area contributed by atoms with E-state index in [1.807, 2.05) is 12.1 Å². The first-order valence-electron chi connectivity index (χ1n) is 8.44. The summed E-state index contributed by atoms with van der Waals surface area (Å²) < 4.78 is 0. The Morgan fingerprint density at radius 3 is 2.68 bits per heavy atom. The first-order valence-corrected chi connectivity index (χ1v) is 8.44. The normalized spacial score (nSPS) is 11.2. The van der Waals surface area contributed by atoms with Crippen molar-refractivity contribution in [2.75, 3.05) is 14.2 Å². The van der Waals surface area contributed by atoms with E-state index in [9.17, 15) is 9.90 Å². The number of oxime groups is 2. The van der Waals surface area contributed by atoms with Crippen molar-refractivity contribution in [1.82, 2.24) is 5.32 Å². The maximum absolute atomic E-state index is 12.1. The molecule has 0 radical (unpaired) electrons. The van der Waals surface area contributed by atoms with Crippen molar-refractivity contribution in [3.05, 3.63) is 65.2 Å². The average molecular weight is 379 g/mol. The van der Waals surface area contributed by atoms with Gasteiger partial charge in [-0.2, -0.15) is 0 Å². The lowest BCUT2D eigenvalue weighted by Crippen LogP contribution is -2.29. The molecule has 144 valence electrons. The van der Waals surface area contributed by atoms with E-state index in [4.69, 9.17) is 9.68 Å². The van der Waals surface area contributed by atoms with E-state index in [1.54, 1.807) is 43.3 Å². The van der Waals surface area contributed by atoms with Crippen LogP contribution in [0.4, 0.5) is 0 Å². The molecule has 2 rings (SSSR count). The molecule has 0 atom stereocenters. The van der Waals surface area contributed by atoms with Gasteiger partial charge in [-0.05, 0) is 31.0 Å². The fourth-order valence-electron chi connectivity index (χ4n) is 2.27. The van der Waals surface area contributed by atoms with E-state index < -0.39 is 0 Å². The molecular weight excluding hydrogens is 358 g/mol. The van der Waals surface area contributed by atoms with Crippen LogP contribution in [0.25, 0.3) is 0 Å². The van der Waals surface area contributed by atoms with Crippen molar-refractivity contribution in [1.29, 1.82) is 0 Å². The van der Waals surface area contributed by atoms with Gasteiger partial charge in [0.1, 0.15) is 25.2 Å². The predicted molar refractivity (Wildman–Crippen MR) is 107 cm³/mol. The molecule has 2 aromatic carbocycles. The van der Waals surface area contributed by atoms with Crippen LogP contribution in [-0.2, 0) is 21.1 Å². The number of phenolic OH excluding ortho intramolecular Hbond substituents is 1. The third kappa shape index (κ3) is 5.88. The number of aromatic hydroxyl groups is 1. The van der Waals surface area contributed by atoms with Crippen LogP contribution in [0.2, 0.25) is 0 Å². The summed E-state index contributed by atoms with van der Waals surface area (Å²) in [6, 6.07) is 13.8. The molecule has 7 heteroatoms. The fraction of sp³-hybridized carbons (Fsp3) is 0.190. The lowest BCUT2D eigenvalue weighted by molar-refractivity contribution is -0.114. The van der Waals surface area contributed by atoms with E-state index in [1.165, 1.54) is 14.2 Å². The third-order valence-electron chi connectivity index (χ3n) is 3.55. The zero-order chi connectivity index (χ0) is 20.4.